The van der Waals surface area contributed by atoms with Gasteiger partial charge in [-0.05, 0) is 18.2 Å². The zero-order valence-corrected chi connectivity index (χ0v) is 15.0. The SMILES string of the molecule is O=C(CSc1ncccn1)c1ccc(S(=O)(=O)N2CCOCC2)cc1. The average molecular weight is 379 g/mol. The lowest BCUT2D eigenvalue weighted by Gasteiger charge is -2.26. The van der Waals surface area contributed by atoms with Gasteiger partial charge in [0, 0.05) is 31.0 Å². The Morgan fingerprint density at radius 3 is 2.40 bits per heavy atom. The quantitative estimate of drug-likeness (QED) is 0.426. The lowest BCUT2D eigenvalue weighted by molar-refractivity contribution is 0.0730. The van der Waals surface area contributed by atoms with Crippen LogP contribution in [-0.2, 0) is 14.8 Å². The maximum atomic E-state index is 12.5. The molecule has 0 spiro atoms. The highest BCUT2D eigenvalue weighted by atomic mass is 32.2. The van der Waals surface area contributed by atoms with Crippen LogP contribution in [0.25, 0.3) is 0 Å². The largest absolute Gasteiger partial charge is 0.379 e. The van der Waals surface area contributed by atoms with E-state index in [9.17, 15) is 13.2 Å². The summed E-state index contributed by atoms with van der Waals surface area (Å²) in [6.45, 7) is 1.48. The van der Waals surface area contributed by atoms with Crippen LogP contribution in [0.15, 0.2) is 52.8 Å². The highest BCUT2D eigenvalue weighted by molar-refractivity contribution is 7.99. The van der Waals surface area contributed by atoms with E-state index in [2.05, 4.69) is 9.97 Å². The van der Waals surface area contributed by atoms with Gasteiger partial charge in [0.15, 0.2) is 10.9 Å². The number of morpholine rings is 1. The molecule has 1 aliphatic rings. The van der Waals surface area contributed by atoms with Crippen LogP contribution in [-0.4, -0.2) is 60.5 Å². The van der Waals surface area contributed by atoms with Gasteiger partial charge in [0.25, 0.3) is 0 Å². The Bertz CT molecular complexity index is 820. The van der Waals surface area contributed by atoms with Gasteiger partial charge in [-0.15, -0.1) is 0 Å². The second kappa shape index (κ2) is 8.05. The number of carbonyl (C=O) groups is 1. The topological polar surface area (TPSA) is 89.5 Å². The molecule has 1 aromatic carbocycles. The highest BCUT2D eigenvalue weighted by Crippen LogP contribution is 2.19. The molecule has 0 saturated carbocycles. The van der Waals surface area contributed by atoms with Gasteiger partial charge in [0.2, 0.25) is 10.0 Å². The Kier molecular flexibility index (Phi) is 5.79. The van der Waals surface area contributed by atoms with Crippen LogP contribution in [0.2, 0.25) is 0 Å². The van der Waals surface area contributed by atoms with Gasteiger partial charge < -0.3 is 4.74 Å². The molecule has 1 fully saturated rings. The van der Waals surface area contributed by atoms with Crippen molar-refractivity contribution in [2.75, 3.05) is 32.1 Å². The molecule has 0 unspecified atom stereocenters. The molecule has 2 aromatic rings. The lowest BCUT2D eigenvalue weighted by Crippen LogP contribution is -2.40. The first-order valence-corrected chi connectivity index (χ1v) is 10.1. The molecular weight excluding hydrogens is 362 g/mol. The van der Waals surface area contributed by atoms with E-state index in [1.165, 1.54) is 28.2 Å². The van der Waals surface area contributed by atoms with Gasteiger partial charge in [-0.25, -0.2) is 18.4 Å². The van der Waals surface area contributed by atoms with Crippen LogP contribution in [0.4, 0.5) is 0 Å². The third-order valence-electron chi connectivity index (χ3n) is 3.66. The Hall–Kier alpha value is -1.81. The maximum absolute atomic E-state index is 12.5. The first-order chi connectivity index (χ1) is 12.1. The minimum atomic E-state index is -3.54. The molecule has 7 nitrogen and oxygen atoms in total. The van der Waals surface area contributed by atoms with Crippen molar-refractivity contribution in [3.63, 3.8) is 0 Å². The normalized spacial score (nSPS) is 15.8. The zero-order chi connectivity index (χ0) is 17.7. The second-order valence-electron chi connectivity index (χ2n) is 5.28. The number of Topliss-reactive ketones (excluding diaryl/α,β-unsaturated/α-hetero) is 1. The lowest BCUT2D eigenvalue weighted by atomic mass is 10.1. The number of nitrogens with zero attached hydrogens (tertiary/aromatic N) is 3. The van der Waals surface area contributed by atoms with Crippen LogP contribution in [0.5, 0.6) is 0 Å². The molecule has 25 heavy (non-hydrogen) atoms. The number of ether oxygens (including phenoxy) is 1. The van der Waals surface area contributed by atoms with Crippen molar-refractivity contribution in [1.82, 2.24) is 14.3 Å². The van der Waals surface area contributed by atoms with E-state index < -0.39 is 10.0 Å². The summed E-state index contributed by atoms with van der Waals surface area (Å²) in [7, 11) is -3.54. The van der Waals surface area contributed by atoms with Crippen molar-refractivity contribution in [2.45, 2.75) is 10.1 Å². The molecule has 1 aliphatic heterocycles. The minimum Gasteiger partial charge on any atom is -0.379 e. The molecule has 9 heteroatoms. The summed E-state index contributed by atoms with van der Waals surface area (Å²) in [6.07, 6.45) is 3.23. The van der Waals surface area contributed by atoms with Crippen molar-refractivity contribution in [1.29, 1.82) is 0 Å². The van der Waals surface area contributed by atoms with Gasteiger partial charge >= 0.3 is 0 Å². The van der Waals surface area contributed by atoms with E-state index in [0.717, 1.165) is 0 Å². The Morgan fingerprint density at radius 2 is 1.76 bits per heavy atom. The van der Waals surface area contributed by atoms with E-state index in [4.69, 9.17) is 4.74 Å². The smallest absolute Gasteiger partial charge is 0.243 e. The standard InChI is InChI=1S/C16H17N3O4S2/c20-15(12-24-16-17-6-1-7-18-16)13-2-4-14(5-3-13)25(21,22)19-8-10-23-11-9-19/h1-7H,8-12H2. The number of ketones is 1. The Morgan fingerprint density at radius 1 is 1.12 bits per heavy atom. The molecule has 132 valence electrons. The number of carbonyl (C=O) groups excluding carboxylic acids is 1. The van der Waals surface area contributed by atoms with Crippen molar-refractivity contribution in [2.24, 2.45) is 0 Å². The molecule has 0 atom stereocenters. The van der Waals surface area contributed by atoms with Gasteiger partial charge in [-0.1, -0.05) is 23.9 Å². The number of sulfonamides is 1. The molecule has 0 radical (unpaired) electrons. The van der Waals surface area contributed by atoms with E-state index in [1.54, 1.807) is 30.6 Å². The summed E-state index contributed by atoms with van der Waals surface area (Å²) < 4.78 is 31.7. The summed E-state index contributed by atoms with van der Waals surface area (Å²) in [4.78, 5) is 20.5. The Balaban J connectivity index is 1.66. The molecule has 3 rings (SSSR count). The van der Waals surface area contributed by atoms with Crippen molar-refractivity contribution >= 4 is 27.6 Å². The van der Waals surface area contributed by atoms with Gasteiger partial charge in [-0.3, -0.25) is 4.79 Å². The number of benzene rings is 1. The average Bonchev–Trinajstić information content (AvgIpc) is 2.68. The summed E-state index contributed by atoms with van der Waals surface area (Å²) in [5.41, 5.74) is 0.462. The van der Waals surface area contributed by atoms with Crippen LogP contribution in [0.1, 0.15) is 10.4 Å². The number of hydrogen-bond acceptors (Lipinski definition) is 7. The maximum Gasteiger partial charge on any atom is 0.243 e. The van der Waals surface area contributed by atoms with E-state index in [-0.39, 0.29) is 16.4 Å². The predicted molar refractivity (Wildman–Crippen MR) is 93.1 cm³/mol. The van der Waals surface area contributed by atoms with Crippen LogP contribution in [0.3, 0.4) is 0 Å². The number of rotatable bonds is 6. The second-order valence-corrected chi connectivity index (χ2v) is 8.16. The van der Waals surface area contributed by atoms with Gasteiger partial charge in [0.1, 0.15) is 0 Å². The van der Waals surface area contributed by atoms with E-state index >= 15 is 0 Å². The van der Waals surface area contributed by atoms with Crippen LogP contribution >= 0.6 is 11.8 Å². The molecule has 1 aromatic heterocycles. The fourth-order valence-corrected chi connectivity index (χ4v) is 4.43. The predicted octanol–water partition coefficient (Wildman–Crippen LogP) is 1.47. The summed E-state index contributed by atoms with van der Waals surface area (Å²) in [5, 5.41) is 0.530. The van der Waals surface area contributed by atoms with Gasteiger partial charge in [-0.2, -0.15) is 4.31 Å². The number of hydrogen-bond donors (Lipinski definition) is 0. The number of thioether (sulfide) groups is 1. The fraction of sp³-hybridized carbons (Fsp3) is 0.312. The number of aromatic nitrogens is 2. The van der Waals surface area contributed by atoms with E-state index in [0.29, 0.717) is 37.0 Å². The van der Waals surface area contributed by atoms with Crippen molar-refractivity contribution in [3.8, 4) is 0 Å². The molecule has 1 saturated heterocycles. The fourth-order valence-electron chi connectivity index (χ4n) is 2.32. The van der Waals surface area contributed by atoms with Gasteiger partial charge in [0.05, 0.1) is 23.9 Å². The summed E-state index contributed by atoms with van der Waals surface area (Å²) in [6, 6.07) is 7.74. The molecule has 0 bridgehead atoms. The molecular formula is C16H17N3O4S2. The Labute approximate surface area is 150 Å². The summed E-state index contributed by atoms with van der Waals surface area (Å²) in [5.74, 6) is 0.0901. The first kappa shape index (κ1) is 18.0. The zero-order valence-electron chi connectivity index (χ0n) is 13.4. The van der Waals surface area contributed by atoms with E-state index in [1.807, 2.05) is 0 Å². The minimum absolute atomic E-state index is 0.104. The molecule has 0 N–H and O–H groups in total. The third kappa shape index (κ3) is 4.43. The third-order valence-corrected chi connectivity index (χ3v) is 6.45. The molecule has 2 heterocycles. The summed E-state index contributed by atoms with van der Waals surface area (Å²) >= 11 is 1.24. The highest BCUT2D eigenvalue weighted by Gasteiger charge is 2.26. The molecule has 0 aliphatic carbocycles. The van der Waals surface area contributed by atoms with Crippen molar-refractivity contribution in [3.05, 3.63) is 48.3 Å². The monoisotopic (exact) mass is 379 g/mol. The van der Waals surface area contributed by atoms with Crippen molar-refractivity contribution < 1.29 is 17.9 Å². The molecule has 0 amide bonds. The van der Waals surface area contributed by atoms with Crippen LogP contribution < -0.4 is 0 Å². The van der Waals surface area contributed by atoms with Crippen LogP contribution in [0, 0.1) is 0 Å². The first-order valence-electron chi connectivity index (χ1n) is 7.68.